The Labute approximate surface area is 251 Å². The Morgan fingerprint density at radius 1 is 1.09 bits per heavy atom. The molecule has 0 aliphatic carbocycles. The molecule has 0 radical (unpaired) electrons. The number of unbranched alkanes of at least 4 members (excludes halogenated alkanes) is 4. The van der Waals surface area contributed by atoms with Crippen LogP contribution in [0.2, 0.25) is 0 Å². The predicted octanol–water partition coefficient (Wildman–Crippen LogP) is 2.10. The number of aromatic hydroxyl groups is 2. The number of thiophene rings is 1. The summed E-state index contributed by atoms with van der Waals surface area (Å²) in [5, 5.41) is 27.1. The average Bonchev–Trinajstić information content (AvgIpc) is 3.74. The van der Waals surface area contributed by atoms with Gasteiger partial charge in [-0.25, -0.2) is 9.78 Å². The summed E-state index contributed by atoms with van der Waals surface area (Å²) in [6.45, 7) is 1.43. The van der Waals surface area contributed by atoms with Crippen LogP contribution in [0.4, 0.5) is 0 Å². The van der Waals surface area contributed by atoms with Crippen molar-refractivity contribution in [3.8, 4) is 11.8 Å². The number of imidazole rings is 1. The molecular formula is C26H35N5O10S2. The molecule has 4 rings (SSSR count). The number of aromatic amines is 1. The lowest BCUT2D eigenvalue weighted by molar-refractivity contribution is -0.145. The number of hydrogen-bond donors (Lipinski definition) is 6. The quantitative estimate of drug-likeness (QED) is 0.0981. The maximum Gasteiger partial charge on any atom is 0.333 e. The third-order valence-corrected chi connectivity index (χ3v) is 9.00. The van der Waals surface area contributed by atoms with Crippen LogP contribution in [0.25, 0.3) is 11.0 Å². The Morgan fingerprint density at radius 3 is 2.49 bits per heavy atom. The van der Waals surface area contributed by atoms with Crippen molar-refractivity contribution in [2.75, 3.05) is 19.7 Å². The molecule has 1 unspecified atom stereocenters. The first-order valence-electron chi connectivity index (χ1n) is 14.0. The van der Waals surface area contributed by atoms with Crippen molar-refractivity contribution in [3.63, 3.8) is 0 Å². The summed E-state index contributed by atoms with van der Waals surface area (Å²) < 4.78 is 37.5. The summed E-state index contributed by atoms with van der Waals surface area (Å²) in [7, 11) is -4.81. The van der Waals surface area contributed by atoms with Crippen LogP contribution < -0.4 is 15.5 Å². The van der Waals surface area contributed by atoms with Gasteiger partial charge in [-0.3, -0.25) is 14.1 Å². The molecule has 3 aromatic rings. The number of hydrogen-bond acceptors (Lipinski definition) is 11. The van der Waals surface area contributed by atoms with Crippen molar-refractivity contribution >= 4 is 50.3 Å². The third-order valence-electron chi connectivity index (χ3n) is 7.03. The SMILES string of the molecule is O=C(CCCCCNC(=O)C1(c2scc3[nH]cnc23)CCCO1)NCCCCCC(=O)On1c(O)cc(S(=O)(=O)O)c1O. The topological polar surface area (TPSA) is 222 Å². The van der Waals surface area contributed by atoms with Crippen molar-refractivity contribution in [3.05, 3.63) is 22.7 Å². The lowest BCUT2D eigenvalue weighted by Crippen LogP contribution is -2.44. The van der Waals surface area contributed by atoms with E-state index in [4.69, 9.17) is 14.1 Å². The van der Waals surface area contributed by atoms with E-state index >= 15 is 0 Å². The van der Waals surface area contributed by atoms with Gasteiger partial charge in [-0.2, -0.15) is 8.42 Å². The highest BCUT2D eigenvalue weighted by atomic mass is 32.2. The highest BCUT2D eigenvalue weighted by Gasteiger charge is 2.47. The molecule has 1 fully saturated rings. The number of carbonyl (C=O) groups excluding carboxylic acids is 3. The van der Waals surface area contributed by atoms with E-state index in [1.165, 1.54) is 11.3 Å². The number of carbonyl (C=O) groups is 3. The first-order chi connectivity index (χ1) is 20.5. The first kappa shape index (κ1) is 32.2. The second-order valence-corrected chi connectivity index (χ2v) is 12.4. The number of amides is 2. The second kappa shape index (κ2) is 14.2. The Kier molecular flexibility index (Phi) is 10.6. The van der Waals surface area contributed by atoms with E-state index in [0.29, 0.717) is 64.3 Å². The summed E-state index contributed by atoms with van der Waals surface area (Å²) in [4.78, 5) is 49.2. The molecule has 0 aromatic carbocycles. The van der Waals surface area contributed by atoms with Crippen LogP contribution in [0.5, 0.6) is 11.8 Å². The molecule has 0 spiro atoms. The maximum absolute atomic E-state index is 13.1. The number of fused-ring (bicyclic) bond motifs is 1. The van der Waals surface area contributed by atoms with Crippen molar-refractivity contribution in [2.24, 2.45) is 0 Å². The molecule has 236 valence electrons. The normalized spacial score (nSPS) is 16.9. The van der Waals surface area contributed by atoms with Crippen LogP contribution in [0.3, 0.4) is 0 Å². The molecule has 17 heteroatoms. The lowest BCUT2D eigenvalue weighted by atomic mass is 9.96. The van der Waals surface area contributed by atoms with Crippen LogP contribution in [0.15, 0.2) is 22.7 Å². The van der Waals surface area contributed by atoms with Gasteiger partial charge in [0.25, 0.3) is 21.9 Å². The molecule has 1 aliphatic heterocycles. The van der Waals surface area contributed by atoms with E-state index in [1.54, 1.807) is 6.33 Å². The molecule has 0 saturated carbocycles. The van der Waals surface area contributed by atoms with Gasteiger partial charge < -0.3 is 35.4 Å². The minimum atomic E-state index is -4.81. The van der Waals surface area contributed by atoms with E-state index in [9.17, 15) is 33.0 Å². The smallest absolute Gasteiger partial charge is 0.333 e. The number of H-pyrrole nitrogens is 1. The standard InChI is InChI=1S/C26H35N5O10S2/c32-19(27-11-5-2-4-9-21(34)41-31-20(33)14-18(24(31)35)43(37,38)39)8-3-1-6-12-28-25(36)26(10-7-13-40-26)23-22-17(15-42-23)29-16-30-22/h14-16,33,35H,1-13H2,(H,27,32)(H,28,36)(H,29,30)(H,37,38,39). The number of ether oxygens (including phenoxy) is 1. The average molecular weight is 642 g/mol. The van der Waals surface area contributed by atoms with Gasteiger partial charge in [0.15, 0.2) is 10.5 Å². The van der Waals surface area contributed by atoms with Gasteiger partial charge >= 0.3 is 5.97 Å². The zero-order valence-electron chi connectivity index (χ0n) is 23.3. The molecule has 0 bridgehead atoms. The first-order valence-corrected chi connectivity index (χ1v) is 16.3. The molecule has 1 atom stereocenters. The van der Waals surface area contributed by atoms with Crippen LogP contribution in [0.1, 0.15) is 69.1 Å². The molecule has 3 aromatic heterocycles. The highest BCUT2D eigenvalue weighted by Crippen LogP contribution is 2.42. The molecule has 1 aliphatic rings. The summed E-state index contributed by atoms with van der Waals surface area (Å²) in [6, 6.07) is 0.547. The Morgan fingerprint density at radius 2 is 1.81 bits per heavy atom. The zero-order valence-corrected chi connectivity index (χ0v) is 25.0. The fraction of sp³-hybridized carbons (Fsp3) is 0.538. The molecule has 1 saturated heterocycles. The molecular weight excluding hydrogens is 606 g/mol. The van der Waals surface area contributed by atoms with Gasteiger partial charge in [-0.15, -0.1) is 16.1 Å². The summed E-state index contributed by atoms with van der Waals surface area (Å²) in [5.41, 5.74) is 0.649. The van der Waals surface area contributed by atoms with Gasteiger partial charge in [0, 0.05) is 44.0 Å². The number of nitrogens with zero attached hydrogens (tertiary/aromatic N) is 2. The van der Waals surface area contributed by atoms with Crippen molar-refractivity contribution in [1.29, 1.82) is 0 Å². The minimum Gasteiger partial charge on any atom is -0.492 e. The molecule has 15 nitrogen and oxygen atoms in total. The van der Waals surface area contributed by atoms with Gasteiger partial charge in [0.1, 0.15) is 5.52 Å². The van der Waals surface area contributed by atoms with Gasteiger partial charge in [0.05, 0.1) is 16.7 Å². The molecule has 43 heavy (non-hydrogen) atoms. The maximum atomic E-state index is 13.1. The highest BCUT2D eigenvalue weighted by molar-refractivity contribution is 7.86. The van der Waals surface area contributed by atoms with E-state index in [0.717, 1.165) is 35.2 Å². The van der Waals surface area contributed by atoms with Crippen LogP contribution >= 0.6 is 11.3 Å². The van der Waals surface area contributed by atoms with Gasteiger partial charge in [-0.1, -0.05) is 12.8 Å². The van der Waals surface area contributed by atoms with Crippen molar-refractivity contribution in [1.82, 2.24) is 25.3 Å². The van der Waals surface area contributed by atoms with E-state index < -0.39 is 38.3 Å². The Balaban J connectivity index is 1.04. The zero-order chi connectivity index (χ0) is 31.0. The molecule has 4 heterocycles. The number of nitrogens with one attached hydrogen (secondary N) is 3. The molecule has 6 N–H and O–H groups in total. The van der Waals surface area contributed by atoms with Crippen molar-refractivity contribution < 1.29 is 47.1 Å². The van der Waals surface area contributed by atoms with E-state index in [1.807, 2.05) is 5.38 Å². The predicted molar refractivity (Wildman–Crippen MR) is 153 cm³/mol. The largest absolute Gasteiger partial charge is 0.492 e. The van der Waals surface area contributed by atoms with Gasteiger partial charge in [0.2, 0.25) is 11.8 Å². The molecule has 2 amide bonds. The Bertz CT molecular complexity index is 1540. The van der Waals surface area contributed by atoms with E-state index in [-0.39, 0.29) is 23.0 Å². The van der Waals surface area contributed by atoms with Crippen LogP contribution in [0, 0.1) is 0 Å². The van der Waals surface area contributed by atoms with Gasteiger partial charge in [-0.05, 0) is 38.5 Å². The van der Waals surface area contributed by atoms with Crippen molar-refractivity contribution in [2.45, 2.75) is 74.7 Å². The fourth-order valence-electron chi connectivity index (χ4n) is 4.83. The number of rotatable bonds is 16. The minimum absolute atomic E-state index is 0.0866. The second-order valence-electron chi connectivity index (χ2n) is 10.2. The summed E-state index contributed by atoms with van der Waals surface area (Å²) in [6.07, 6.45) is 7.03. The number of aromatic nitrogens is 3. The Hall–Kier alpha value is -3.67. The fourth-order valence-corrected chi connectivity index (χ4v) is 6.53. The lowest BCUT2D eigenvalue weighted by Gasteiger charge is -2.26. The summed E-state index contributed by atoms with van der Waals surface area (Å²) in [5.74, 6) is -3.08. The van der Waals surface area contributed by atoms with Crippen LogP contribution in [-0.4, -0.2) is 75.4 Å². The summed E-state index contributed by atoms with van der Waals surface area (Å²) >= 11 is 1.47. The van der Waals surface area contributed by atoms with E-state index in [2.05, 4.69) is 20.6 Å². The van der Waals surface area contributed by atoms with Crippen LogP contribution in [-0.2, 0) is 34.8 Å². The third kappa shape index (κ3) is 7.84. The monoisotopic (exact) mass is 641 g/mol.